The molecule has 0 aliphatic carbocycles. The van der Waals surface area contributed by atoms with Crippen LogP contribution in [-0.4, -0.2) is 53.6 Å². The number of rotatable bonds is 8. The first-order chi connectivity index (χ1) is 12.3. The molecule has 0 spiro atoms. The molecule has 1 amide bonds. The first kappa shape index (κ1) is 21.5. The van der Waals surface area contributed by atoms with E-state index in [1.807, 2.05) is 19.9 Å². The minimum Gasteiger partial charge on any atom is -0.480 e. The summed E-state index contributed by atoms with van der Waals surface area (Å²) in [5, 5.41) is 20.8. The highest BCUT2D eigenvalue weighted by Crippen LogP contribution is 2.19. The zero-order valence-electron chi connectivity index (χ0n) is 15.5. The summed E-state index contributed by atoms with van der Waals surface area (Å²) in [6.45, 7) is 6.87. The second-order valence-electron chi connectivity index (χ2n) is 6.71. The van der Waals surface area contributed by atoms with Crippen molar-refractivity contribution in [3.63, 3.8) is 0 Å². The number of nitrogens with zero attached hydrogens (tertiary/aromatic N) is 2. The summed E-state index contributed by atoms with van der Waals surface area (Å²) in [6, 6.07) is 0.790. The molecule has 1 aliphatic rings. The standard InChI is InChI=1S/C18H27N3O5/c1-4-26-18(25)13-5-7-21(8-6-13)11-14(10-19)16(22)20-15(17(23)24)9-12(2)3/h11-13,15H,4-9H2,1-3H3,(H,20,22)(H,23,24)/b14-11-. The van der Waals surface area contributed by atoms with Crippen LogP contribution < -0.4 is 5.32 Å². The van der Waals surface area contributed by atoms with Crippen molar-refractivity contribution in [3.8, 4) is 6.07 Å². The number of aliphatic carboxylic acids is 1. The summed E-state index contributed by atoms with van der Waals surface area (Å²) in [6.07, 6.45) is 2.89. The number of hydrogen-bond acceptors (Lipinski definition) is 6. The minimum absolute atomic E-state index is 0.0906. The van der Waals surface area contributed by atoms with Gasteiger partial charge >= 0.3 is 11.9 Å². The van der Waals surface area contributed by atoms with Gasteiger partial charge in [0.25, 0.3) is 5.91 Å². The Morgan fingerprint density at radius 2 is 1.96 bits per heavy atom. The highest BCUT2D eigenvalue weighted by Gasteiger charge is 2.26. The predicted octanol–water partition coefficient (Wildman–Crippen LogP) is 1.28. The molecule has 0 saturated carbocycles. The van der Waals surface area contributed by atoms with Crippen LogP contribution in [0.4, 0.5) is 0 Å². The number of carbonyl (C=O) groups excluding carboxylic acids is 2. The van der Waals surface area contributed by atoms with Crippen molar-refractivity contribution in [2.75, 3.05) is 19.7 Å². The van der Waals surface area contributed by atoms with Gasteiger partial charge in [0.05, 0.1) is 12.5 Å². The van der Waals surface area contributed by atoms with Gasteiger partial charge in [-0.2, -0.15) is 5.26 Å². The zero-order valence-corrected chi connectivity index (χ0v) is 15.5. The van der Waals surface area contributed by atoms with E-state index in [1.54, 1.807) is 11.8 Å². The van der Waals surface area contributed by atoms with Crippen LogP contribution >= 0.6 is 0 Å². The van der Waals surface area contributed by atoms with Gasteiger partial charge in [-0.25, -0.2) is 4.79 Å². The number of likely N-dealkylation sites (tertiary alicyclic amines) is 1. The molecule has 0 aromatic carbocycles. The number of carbonyl (C=O) groups is 3. The van der Waals surface area contributed by atoms with E-state index in [9.17, 15) is 24.8 Å². The van der Waals surface area contributed by atoms with Crippen molar-refractivity contribution in [3.05, 3.63) is 11.8 Å². The largest absolute Gasteiger partial charge is 0.480 e. The molecule has 0 aromatic rings. The highest BCUT2D eigenvalue weighted by atomic mass is 16.5. The Morgan fingerprint density at radius 1 is 1.35 bits per heavy atom. The maximum atomic E-state index is 12.2. The van der Waals surface area contributed by atoms with Crippen molar-refractivity contribution in [1.29, 1.82) is 5.26 Å². The third kappa shape index (κ3) is 6.75. The molecule has 8 heteroatoms. The maximum absolute atomic E-state index is 12.2. The number of ether oxygens (including phenoxy) is 1. The molecule has 1 unspecified atom stereocenters. The van der Waals surface area contributed by atoms with Gasteiger partial charge in [0.2, 0.25) is 0 Å². The lowest BCUT2D eigenvalue weighted by Gasteiger charge is -2.30. The first-order valence-corrected chi connectivity index (χ1v) is 8.84. The molecule has 2 N–H and O–H groups in total. The summed E-state index contributed by atoms with van der Waals surface area (Å²) >= 11 is 0. The van der Waals surface area contributed by atoms with E-state index in [1.165, 1.54) is 6.20 Å². The third-order valence-electron chi connectivity index (χ3n) is 4.14. The molecule has 1 fully saturated rings. The van der Waals surface area contributed by atoms with E-state index < -0.39 is 17.9 Å². The highest BCUT2D eigenvalue weighted by molar-refractivity contribution is 5.99. The third-order valence-corrected chi connectivity index (χ3v) is 4.14. The number of hydrogen-bond donors (Lipinski definition) is 2. The van der Waals surface area contributed by atoms with Crippen molar-refractivity contribution in [2.45, 2.75) is 46.1 Å². The van der Waals surface area contributed by atoms with Gasteiger partial charge in [-0.05, 0) is 32.1 Å². The number of nitriles is 1. The molecule has 0 radical (unpaired) electrons. The van der Waals surface area contributed by atoms with Crippen LogP contribution in [0.3, 0.4) is 0 Å². The summed E-state index contributed by atoms with van der Waals surface area (Å²) in [5.41, 5.74) is -0.144. The van der Waals surface area contributed by atoms with Crippen LogP contribution in [0.15, 0.2) is 11.8 Å². The Labute approximate surface area is 153 Å². The number of esters is 1. The smallest absolute Gasteiger partial charge is 0.326 e. The van der Waals surface area contributed by atoms with Gasteiger partial charge in [-0.3, -0.25) is 9.59 Å². The summed E-state index contributed by atoms with van der Waals surface area (Å²) in [7, 11) is 0. The minimum atomic E-state index is -1.13. The van der Waals surface area contributed by atoms with Crippen LogP contribution in [0.25, 0.3) is 0 Å². The topological polar surface area (TPSA) is 120 Å². The summed E-state index contributed by atoms with van der Waals surface area (Å²) < 4.78 is 5.01. The van der Waals surface area contributed by atoms with Crippen molar-refractivity contribution in [2.24, 2.45) is 11.8 Å². The monoisotopic (exact) mass is 365 g/mol. The van der Waals surface area contributed by atoms with E-state index in [-0.39, 0.29) is 29.8 Å². The SMILES string of the molecule is CCOC(=O)C1CCN(/C=C(/C#N)C(=O)NC(CC(C)C)C(=O)O)CC1. The van der Waals surface area contributed by atoms with Crippen molar-refractivity contribution < 1.29 is 24.2 Å². The van der Waals surface area contributed by atoms with Gasteiger partial charge in [-0.1, -0.05) is 13.8 Å². The lowest BCUT2D eigenvalue weighted by molar-refractivity contribution is -0.149. The molecule has 1 heterocycles. The van der Waals surface area contributed by atoms with Crippen LogP contribution in [-0.2, 0) is 19.1 Å². The van der Waals surface area contributed by atoms with Gasteiger partial charge in [-0.15, -0.1) is 0 Å². The molecule has 1 aliphatic heterocycles. The molecule has 26 heavy (non-hydrogen) atoms. The Balaban J connectivity index is 2.67. The number of amides is 1. The molecule has 0 aromatic heterocycles. The normalized spacial score (nSPS) is 16.7. The summed E-state index contributed by atoms with van der Waals surface area (Å²) in [4.78, 5) is 37.0. The second-order valence-corrected chi connectivity index (χ2v) is 6.71. The molecular formula is C18H27N3O5. The Morgan fingerprint density at radius 3 is 2.42 bits per heavy atom. The lowest BCUT2D eigenvalue weighted by Crippen LogP contribution is -2.42. The van der Waals surface area contributed by atoms with E-state index in [0.29, 0.717) is 32.5 Å². The molecule has 1 saturated heterocycles. The van der Waals surface area contributed by atoms with Crippen molar-refractivity contribution >= 4 is 17.8 Å². The number of carboxylic acid groups (broad SMARTS) is 1. The summed E-state index contributed by atoms with van der Waals surface area (Å²) in [5.74, 6) is -2.12. The van der Waals surface area contributed by atoms with Gasteiger partial charge < -0.3 is 20.1 Å². The van der Waals surface area contributed by atoms with E-state index in [4.69, 9.17) is 4.74 Å². The van der Waals surface area contributed by atoms with Gasteiger partial charge in [0, 0.05) is 19.3 Å². The fraction of sp³-hybridized carbons (Fsp3) is 0.667. The number of piperidine rings is 1. The Bertz CT molecular complexity index is 586. The van der Waals surface area contributed by atoms with Gasteiger partial charge in [0.15, 0.2) is 0 Å². The molecule has 144 valence electrons. The van der Waals surface area contributed by atoms with E-state index in [2.05, 4.69) is 5.32 Å². The fourth-order valence-electron chi connectivity index (χ4n) is 2.77. The van der Waals surface area contributed by atoms with Crippen molar-refractivity contribution in [1.82, 2.24) is 10.2 Å². The van der Waals surface area contributed by atoms with Crippen LogP contribution in [0.2, 0.25) is 0 Å². The number of carboxylic acids is 1. The maximum Gasteiger partial charge on any atom is 0.326 e. The average molecular weight is 365 g/mol. The van der Waals surface area contributed by atoms with E-state index >= 15 is 0 Å². The molecule has 8 nitrogen and oxygen atoms in total. The first-order valence-electron chi connectivity index (χ1n) is 8.84. The van der Waals surface area contributed by atoms with Crippen LogP contribution in [0.5, 0.6) is 0 Å². The second kappa shape index (κ2) is 10.4. The Hall–Kier alpha value is -2.56. The van der Waals surface area contributed by atoms with Gasteiger partial charge in [0.1, 0.15) is 17.7 Å². The lowest BCUT2D eigenvalue weighted by atomic mass is 9.97. The molecule has 0 bridgehead atoms. The predicted molar refractivity (Wildman–Crippen MR) is 93.6 cm³/mol. The molecular weight excluding hydrogens is 338 g/mol. The van der Waals surface area contributed by atoms with Crippen LogP contribution in [0.1, 0.15) is 40.0 Å². The molecule has 1 atom stereocenters. The average Bonchev–Trinajstić information content (AvgIpc) is 2.59. The van der Waals surface area contributed by atoms with Crippen LogP contribution in [0, 0.1) is 23.2 Å². The number of nitrogens with one attached hydrogen (secondary N) is 1. The quantitative estimate of drug-likeness (QED) is 0.378. The zero-order chi connectivity index (χ0) is 19.7. The Kier molecular flexibility index (Phi) is 8.62. The fourth-order valence-corrected chi connectivity index (χ4v) is 2.77. The molecule has 1 rings (SSSR count). The van der Waals surface area contributed by atoms with E-state index in [0.717, 1.165) is 0 Å².